The maximum atomic E-state index is 11.7. The second kappa shape index (κ2) is 6.74. The van der Waals surface area contributed by atoms with Gasteiger partial charge < -0.3 is 14.6 Å². The first-order chi connectivity index (χ1) is 12.6. The van der Waals surface area contributed by atoms with Crippen LogP contribution in [0, 0.1) is 0 Å². The zero-order valence-corrected chi connectivity index (χ0v) is 15.7. The van der Waals surface area contributed by atoms with Crippen molar-refractivity contribution in [3.8, 4) is 0 Å². The minimum absolute atomic E-state index is 0.0193. The molecule has 1 aliphatic rings. The number of aromatic amines is 1. The normalized spacial score (nSPS) is 16.4. The summed E-state index contributed by atoms with van der Waals surface area (Å²) >= 11 is 11.5. The fraction of sp³-hybridized carbons (Fsp3) is 0.200. The first-order valence-corrected chi connectivity index (χ1v) is 9.16. The minimum atomic E-state index is -0.340. The molecule has 4 rings (SSSR count). The first-order valence-electron chi connectivity index (χ1n) is 8.31. The van der Waals surface area contributed by atoms with Gasteiger partial charge in [-0.3, -0.25) is 0 Å². The number of fused-ring (bicyclic) bond motifs is 3. The van der Waals surface area contributed by atoms with Crippen LogP contribution in [0.2, 0.25) is 5.02 Å². The molecule has 2 aromatic carbocycles. The van der Waals surface area contributed by atoms with Crippen LogP contribution in [0.3, 0.4) is 0 Å². The Bertz CT molecular complexity index is 997. The molecule has 0 spiro atoms. The SMILES string of the molecule is COC(=O)c1ccc(C2c3[nH]c4ccc(Cl)cc4c3CCN2C=S)cc1. The molecule has 0 amide bonds. The highest BCUT2D eigenvalue weighted by molar-refractivity contribution is 7.78. The summed E-state index contributed by atoms with van der Waals surface area (Å²) in [4.78, 5) is 17.4. The molecule has 132 valence electrons. The van der Waals surface area contributed by atoms with Crippen LogP contribution in [0.25, 0.3) is 10.9 Å². The Kier molecular flexibility index (Phi) is 4.42. The van der Waals surface area contributed by atoms with Gasteiger partial charge in [-0.25, -0.2) is 4.79 Å². The summed E-state index contributed by atoms with van der Waals surface area (Å²) in [6, 6.07) is 13.4. The fourth-order valence-corrected chi connectivity index (χ4v) is 4.07. The average molecular weight is 385 g/mol. The van der Waals surface area contributed by atoms with Crippen LogP contribution >= 0.6 is 23.8 Å². The summed E-state index contributed by atoms with van der Waals surface area (Å²) in [6.07, 6.45) is 0.902. The van der Waals surface area contributed by atoms with E-state index < -0.39 is 0 Å². The van der Waals surface area contributed by atoms with E-state index in [0.29, 0.717) is 5.56 Å². The molecule has 0 aliphatic carbocycles. The van der Waals surface area contributed by atoms with Crippen molar-refractivity contribution in [1.82, 2.24) is 9.88 Å². The number of nitrogens with zero attached hydrogens (tertiary/aromatic N) is 1. The molecule has 6 heteroatoms. The van der Waals surface area contributed by atoms with Crippen molar-refractivity contribution < 1.29 is 9.53 Å². The van der Waals surface area contributed by atoms with E-state index in [9.17, 15) is 4.79 Å². The van der Waals surface area contributed by atoms with Gasteiger partial charge in [0, 0.05) is 28.2 Å². The van der Waals surface area contributed by atoms with Gasteiger partial charge in [0.05, 0.1) is 24.2 Å². The molecule has 0 saturated carbocycles. The Hall–Kier alpha value is -2.37. The molecule has 0 bridgehead atoms. The first kappa shape index (κ1) is 17.1. The lowest BCUT2D eigenvalue weighted by molar-refractivity contribution is 0.0600. The third kappa shape index (κ3) is 2.77. The molecule has 3 aromatic rings. The number of benzene rings is 2. The highest BCUT2D eigenvalue weighted by Gasteiger charge is 2.30. The number of esters is 1. The zero-order chi connectivity index (χ0) is 18.3. The molecule has 1 atom stereocenters. The van der Waals surface area contributed by atoms with Crippen molar-refractivity contribution >= 4 is 46.2 Å². The minimum Gasteiger partial charge on any atom is -0.465 e. The van der Waals surface area contributed by atoms with E-state index in [4.69, 9.17) is 28.6 Å². The lowest BCUT2D eigenvalue weighted by Crippen LogP contribution is -2.34. The summed E-state index contributed by atoms with van der Waals surface area (Å²) in [6.45, 7) is 0.833. The lowest BCUT2D eigenvalue weighted by atomic mass is 9.92. The number of thiocarbonyl (C=S) groups is 1. The number of H-pyrrole nitrogens is 1. The van der Waals surface area contributed by atoms with Gasteiger partial charge in [-0.2, -0.15) is 0 Å². The van der Waals surface area contributed by atoms with Crippen molar-refractivity contribution in [2.75, 3.05) is 13.7 Å². The number of hydrogen-bond donors (Lipinski definition) is 1. The van der Waals surface area contributed by atoms with Crippen LogP contribution in [0.5, 0.6) is 0 Å². The summed E-state index contributed by atoms with van der Waals surface area (Å²) in [5.74, 6) is -0.340. The van der Waals surface area contributed by atoms with Crippen molar-refractivity contribution in [3.05, 3.63) is 69.9 Å². The van der Waals surface area contributed by atoms with Crippen LogP contribution in [0.4, 0.5) is 0 Å². The van der Waals surface area contributed by atoms with Crippen LogP contribution in [0.15, 0.2) is 42.5 Å². The van der Waals surface area contributed by atoms with Crippen molar-refractivity contribution in [2.45, 2.75) is 12.5 Å². The molecule has 2 heterocycles. The number of nitrogens with one attached hydrogen (secondary N) is 1. The van der Waals surface area contributed by atoms with Crippen LogP contribution in [-0.4, -0.2) is 35.0 Å². The summed E-state index contributed by atoms with van der Waals surface area (Å²) in [5, 5.41) is 1.89. The quantitative estimate of drug-likeness (QED) is 0.533. The summed E-state index contributed by atoms with van der Waals surface area (Å²) in [7, 11) is 1.38. The van der Waals surface area contributed by atoms with Gasteiger partial charge >= 0.3 is 5.97 Å². The number of carbonyl (C=O) groups is 1. The predicted molar refractivity (Wildman–Crippen MR) is 107 cm³/mol. The summed E-state index contributed by atoms with van der Waals surface area (Å²) in [5.41, 5.74) is 6.78. The number of halogens is 1. The third-order valence-corrected chi connectivity index (χ3v) is 5.42. The van der Waals surface area contributed by atoms with E-state index in [1.807, 2.05) is 30.3 Å². The van der Waals surface area contributed by atoms with Crippen molar-refractivity contribution in [1.29, 1.82) is 0 Å². The predicted octanol–water partition coefficient (Wildman–Crippen LogP) is 4.51. The number of carbonyl (C=O) groups excluding carboxylic acids is 1. The van der Waals surface area contributed by atoms with Crippen molar-refractivity contribution in [3.63, 3.8) is 0 Å². The number of hydrogen-bond acceptors (Lipinski definition) is 3. The molecular weight excluding hydrogens is 368 g/mol. The molecule has 4 nitrogen and oxygen atoms in total. The number of ether oxygens (including phenoxy) is 1. The Balaban J connectivity index is 1.83. The van der Waals surface area contributed by atoms with E-state index >= 15 is 0 Å². The number of rotatable bonds is 3. The van der Waals surface area contributed by atoms with Gasteiger partial charge in [0.1, 0.15) is 0 Å². The molecule has 1 aromatic heterocycles. The Labute approximate surface area is 161 Å². The standard InChI is InChI=1S/C20H17ClN2O2S/c1-25-20(24)13-4-2-12(3-5-13)19-18-15(8-9-23(19)11-26)16-10-14(21)6-7-17(16)22-18/h2-7,10-11,19,22H,8-9H2,1H3. The highest BCUT2D eigenvalue weighted by Crippen LogP contribution is 2.38. The fourth-order valence-electron chi connectivity index (χ4n) is 3.67. The molecule has 0 radical (unpaired) electrons. The van der Waals surface area contributed by atoms with Crippen LogP contribution in [-0.2, 0) is 11.2 Å². The smallest absolute Gasteiger partial charge is 0.337 e. The Morgan fingerprint density at radius 3 is 2.77 bits per heavy atom. The molecular formula is C20H17ClN2O2S. The molecule has 1 unspecified atom stereocenters. The van der Waals surface area contributed by atoms with Gasteiger partial charge in [-0.1, -0.05) is 36.0 Å². The van der Waals surface area contributed by atoms with E-state index in [1.165, 1.54) is 12.7 Å². The third-order valence-electron chi connectivity index (χ3n) is 4.91. The van der Waals surface area contributed by atoms with E-state index in [-0.39, 0.29) is 12.0 Å². The van der Waals surface area contributed by atoms with E-state index in [1.54, 1.807) is 17.6 Å². The molecule has 26 heavy (non-hydrogen) atoms. The number of aromatic nitrogens is 1. The number of methoxy groups -OCH3 is 1. The maximum Gasteiger partial charge on any atom is 0.337 e. The van der Waals surface area contributed by atoms with Gasteiger partial charge in [-0.15, -0.1) is 0 Å². The molecule has 1 N–H and O–H groups in total. The Morgan fingerprint density at radius 1 is 1.31 bits per heavy atom. The molecule has 0 saturated heterocycles. The Morgan fingerprint density at radius 2 is 2.08 bits per heavy atom. The average Bonchev–Trinajstić information content (AvgIpc) is 3.04. The maximum absolute atomic E-state index is 11.7. The second-order valence-corrected chi connectivity index (χ2v) is 6.96. The van der Waals surface area contributed by atoms with Gasteiger partial charge in [0.25, 0.3) is 0 Å². The molecule has 0 fully saturated rings. The molecule has 1 aliphatic heterocycles. The lowest BCUT2D eigenvalue weighted by Gasteiger charge is -2.34. The van der Waals surface area contributed by atoms with Gasteiger partial charge in [0.2, 0.25) is 0 Å². The summed E-state index contributed by atoms with van der Waals surface area (Å²) < 4.78 is 4.78. The zero-order valence-electron chi connectivity index (χ0n) is 14.2. The monoisotopic (exact) mass is 384 g/mol. The van der Waals surface area contributed by atoms with Gasteiger partial charge in [-0.05, 0) is 47.9 Å². The van der Waals surface area contributed by atoms with Crippen LogP contribution < -0.4 is 0 Å². The van der Waals surface area contributed by atoms with Crippen molar-refractivity contribution in [2.24, 2.45) is 0 Å². The van der Waals surface area contributed by atoms with E-state index in [0.717, 1.165) is 40.1 Å². The second-order valence-electron chi connectivity index (χ2n) is 6.32. The van der Waals surface area contributed by atoms with Crippen LogP contribution in [0.1, 0.15) is 33.2 Å². The highest BCUT2D eigenvalue weighted by atomic mass is 35.5. The van der Waals surface area contributed by atoms with Gasteiger partial charge in [0.15, 0.2) is 0 Å². The largest absolute Gasteiger partial charge is 0.465 e. The topological polar surface area (TPSA) is 45.3 Å². The van der Waals surface area contributed by atoms with E-state index in [2.05, 4.69) is 9.88 Å².